The Kier molecular flexibility index (Phi) is 4.20. The molecule has 0 spiro atoms. The van der Waals surface area contributed by atoms with Crippen LogP contribution >= 0.6 is 15.9 Å². The van der Waals surface area contributed by atoms with Crippen molar-refractivity contribution in [3.63, 3.8) is 0 Å². The van der Waals surface area contributed by atoms with Crippen LogP contribution in [0.4, 0.5) is 5.69 Å². The van der Waals surface area contributed by atoms with Crippen LogP contribution in [-0.2, 0) is 10.3 Å². The van der Waals surface area contributed by atoms with E-state index < -0.39 is 5.54 Å². The van der Waals surface area contributed by atoms with Crippen LogP contribution in [0.25, 0.3) is 0 Å². The maximum Gasteiger partial charge on any atom is 0.248 e. The number of benzene rings is 1. The van der Waals surface area contributed by atoms with Crippen LogP contribution in [0.2, 0.25) is 0 Å². The van der Waals surface area contributed by atoms with Gasteiger partial charge in [-0.25, -0.2) is 4.98 Å². The second-order valence-corrected chi connectivity index (χ2v) is 5.61. The number of halogens is 1. The van der Waals surface area contributed by atoms with Crippen molar-refractivity contribution < 1.29 is 4.79 Å². The smallest absolute Gasteiger partial charge is 0.248 e. The summed E-state index contributed by atoms with van der Waals surface area (Å²) in [5.41, 5.74) is 7.40. The first-order valence-corrected chi connectivity index (χ1v) is 6.98. The number of hydrogen-bond acceptors (Lipinski definition) is 3. The van der Waals surface area contributed by atoms with Crippen LogP contribution in [0.15, 0.2) is 47.2 Å². The largest absolute Gasteiger partial charge is 0.323 e. The van der Waals surface area contributed by atoms with Gasteiger partial charge in [-0.3, -0.25) is 4.79 Å². The third-order valence-corrected chi connectivity index (χ3v) is 3.95. The Morgan fingerprint density at radius 2 is 2.00 bits per heavy atom. The van der Waals surface area contributed by atoms with E-state index in [1.165, 1.54) is 0 Å². The summed E-state index contributed by atoms with van der Waals surface area (Å²) in [5.74, 6) is -0.271. The molecule has 2 rings (SSSR count). The molecule has 1 amide bonds. The first kappa shape index (κ1) is 14.7. The SMILES string of the molecule is Cc1cc(NC(=O)C(C)(N)c2ccccc2)cnc1Br. The first-order chi connectivity index (χ1) is 9.41. The summed E-state index contributed by atoms with van der Waals surface area (Å²) in [6.45, 7) is 3.60. The van der Waals surface area contributed by atoms with Gasteiger partial charge >= 0.3 is 0 Å². The number of hydrogen-bond donors (Lipinski definition) is 2. The molecule has 0 fully saturated rings. The zero-order chi connectivity index (χ0) is 14.8. The van der Waals surface area contributed by atoms with Crippen molar-refractivity contribution in [3.8, 4) is 0 Å². The van der Waals surface area contributed by atoms with E-state index in [0.29, 0.717) is 5.69 Å². The van der Waals surface area contributed by atoms with Crippen LogP contribution < -0.4 is 11.1 Å². The van der Waals surface area contributed by atoms with Crippen LogP contribution in [-0.4, -0.2) is 10.9 Å². The Labute approximate surface area is 126 Å². The Bertz CT molecular complexity index is 626. The molecular weight excluding hydrogens is 318 g/mol. The maximum absolute atomic E-state index is 12.4. The molecule has 1 atom stereocenters. The minimum absolute atomic E-state index is 0.271. The summed E-state index contributed by atoms with van der Waals surface area (Å²) in [6.07, 6.45) is 1.59. The molecule has 20 heavy (non-hydrogen) atoms. The highest BCUT2D eigenvalue weighted by Crippen LogP contribution is 2.21. The number of aryl methyl sites for hydroxylation is 1. The van der Waals surface area contributed by atoms with Crippen molar-refractivity contribution in [2.24, 2.45) is 5.73 Å². The number of aromatic nitrogens is 1. The zero-order valence-electron chi connectivity index (χ0n) is 11.4. The van der Waals surface area contributed by atoms with Crippen LogP contribution in [0.5, 0.6) is 0 Å². The summed E-state index contributed by atoms with van der Waals surface area (Å²) in [5, 5.41) is 2.80. The molecule has 4 nitrogen and oxygen atoms in total. The number of anilines is 1. The van der Waals surface area contributed by atoms with E-state index in [2.05, 4.69) is 26.2 Å². The molecule has 3 N–H and O–H groups in total. The average Bonchev–Trinajstić information content (AvgIpc) is 2.44. The van der Waals surface area contributed by atoms with E-state index in [4.69, 9.17) is 5.73 Å². The van der Waals surface area contributed by atoms with Crippen molar-refractivity contribution in [2.75, 3.05) is 5.32 Å². The number of carbonyl (C=O) groups is 1. The highest BCUT2D eigenvalue weighted by atomic mass is 79.9. The number of rotatable bonds is 3. The van der Waals surface area contributed by atoms with Gasteiger partial charge in [0, 0.05) is 0 Å². The summed E-state index contributed by atoms with van der Waals surface area (Å²) < 4.78 is 0.758. The van der Waals surface area contributed by atoms with Crippen LogP contribution in [0.1, 0.15) is 18.1 Å². The fourth-order valence-corrected chi connectivity index (χ4v) is 2.02. The molecule has 1 unspecified atom stereocenters. The Balaban J connectivity index is 2.21. The summed E-state index contributed by atoms with van der Waals surface area (Å²) >= 11 is 3.32. The Morgan fingerprint density at radius 1 is 1.35 bits per heavy atom. The van der Waals surface area contributed by atoms with Crippen LogP contribution in [0, 0.1) is 6.92 Å². The van der Waals surface area contributed by atoms with E-state index >= 15 is 0 Å². The number of pyridine rings is 1. The molecule has 104 valence electrons. The molecular formula is C15H16BrN3O. The predicted molar refractivity (Wildman–Crippen MR) is 83.3 cm³/mol. The van der Waals surface area contributed by atoms with Gasteiger partial charge in [0.1, 0.15) is 10.1 Å². The second kappa shape index (κ2) is 5.73. The lowest BCUT2D eigenvalue weighted by atomic mass is 9.92. The number of nitrogens with one attached hydrogen (secondary N) is 1. The molecule has 1 heterocycles. The van der Waals surface area contributed by atoms with Gasteiger partial charge in [0.25, 0.3) is 0 Å². The van der Waals surface area contributed by atoms with E-state index in [9.17, 15) is 4.79 Å². The fraction of sp³-hybridized carbons (Fsp3) is 0.200. The van der Waals surface area contributed by atoms with Gasteiger partial charge in [-0.15, -0.1) is 0 Å². The Hall–Kier alpha value is -1.72. The standard InChI is InChI=1S/C15H16BrN3O/c1-10-8-12(9-18-13(10)16)19-14(20)15(2,17)11-6-4-3-5-7-11/h3-9H,17H2,1-2H3,(H,19,20). The molecule has 1 aromatic carbocycles. The summed E-state index contributed by atoms with van der Waals surface area (Å²) in [4.78, 5) is 16.5. The lowest BCUT2D eigenvalue weighted by Gasteiger charge is -2.24. The number of amides is 1. The van der Waals surface area contributed by atoms with E-state index in [-0.39, 0.29) is 5.91 Å². The average molecular weight is 334 g/mol. The number of nitrogens with zero attached hydrogens (tertiary/aromatic N) is 1. The molecule has 0 radical (unpaired) electrons. The summed E-state index contributed by atoms with van der Waals surface area (Å²) in [7, 11) is 0. The van der Waals surface area contributed by atoms with E-state index in [1.54, 1.807) is 13.1 Å². The molecule has 0 aliphatic carbocycles. The van der Waals surface area contributed by atoms with Crippen molar-refractivity contribution in [2.45, 2.75) is 19.4 Å². The van der Waals surface area contributed by atoms with Crippen molar-refractivity contribution in [1.29, 1.82) is 0 Å². The van der Waals surface area contributed by atoms with Crippen LogP contribution in [0.3, 0.4) is 0 Å². The highest BCUT2D eigenvalue weighted by Gasteiger charge is 2.30. The monoisotopic (exact) mass is 333 g/mol. The molecule has 0 saturated heterocycles. The lowest BCUT2D eigenvalue weighted by Crippen LogP contribution is -2.45. The van der Waals surface area contributed by atoms with E-state index in [1.807, 2.05) is 43.3 Å². The second-order valence-electron chi connectivity index (χ2n) is 4.85. The number of nitrogens with two attached hydrogens (primary N) is 1. The quantitative estimate of drug-likeness (QED) is 0.848. The third kappa shape index (κ3) is 3.05. The predicted octanol–water partition coefficient (Wildman–Crippen LogP) is 2.97. The third-order valence-electron chi connectivity index (χ3n) is 3.12. The van der Waals surface area contributed by atoms with Gasteiger partial charge in [-0.1, -0.05) is 30.3 Å². The molecule has 1 aromatic heterocycles. The van der Waals surface area contributed by atoms with Gasteiger partial charge in [0.15, 0.2) is 0 Å². The van der Waals surface area contributed by atoms with Gasteiger partial charge in [0.2, 0.25) is 5.91 Å². The highest BCUT2D eigenvalue weighted by molar-refractivity contribution is 9.10. The normalized spacial score (nSPS) is 13.6. The van der Waals surface area contributed by atoms with Crippen molar-refractivity contribution in [1.82, 2.24) is 4.98 Å². The van der Waals surface area contributed by atoms with Gasteiger partial charge in [0.05, 0.1) is 11.9 Å². The van der Waals surface area contributed by atoms with Gasteiger partial charge in [-0.2, -0.15) is 0 Å². The molecule has 2 aromatic rings. The fourth-order valence-electron chi connectivity index (χ4n) is 1.80. The number of carbonyl (C=O) groups excluding carboxylic acids is 1. The minimum Gasteiger partial charge on any atom is -0.323 e. The zero-order valence-corrected chi connectivity index (χ0v) is 12.9. The molecule has 0 aliphatic heterocycles. The molecule has 0 saturated carbocycles. The van der Waals surface area contributed by atoms with Gasteiger partial charge in [-0.05, 0) is 47.0 Å². The lowest BCUT2D eigenvalue weighted by molar-refractivity contribution is -0.120. The first-order valence-electron chi connectivity index (χ1n) is 6.19. The van der Waals surface area contributed by atoms with Crippen molar-refractivity contribution in [3.05, 3.63) is 58.3 Å². The summed E-state index contributed by atoms with van der Waals surface area (Å²) in [6, 6.07) is 11.1. The van der Waals surface area contributed by atoms with Gasteiger partial charge < -0.3 is 11.1 Å². The van der Waals surface area contributed by atoms with Crippen molar-refractivity contribution >= 4 is 27.5 Å². The topological polar surface area (TPSA) is 68.0 Å². The molecule has 0 bridgehead atoms. The van der Waals surface area contributed by atoms with E-state index in [0.717, 1.165) is 15.7 Å². The molecule has 5 heteroatoms. The minimum atomic E-state index is -1.10. The molecule has 0 aliphatic rings. The Morgan fingerprint density at radius 3 is 2.60 bits per heavy atom. The maximum atomic E-state index is 12.4.